The summed E-state index contributed by atoms with van der Waals surface area (Å²) < 4.78 is 34.0. The minimum atomic E-state index is -2.87. The molecular weight excluding hydrogens is 400 g/mol. The number of alkyl halides is 2. The van der Waals surface area contributed by atoms with Crippen LogP contribution in [0.15, 0.2) is 66.0 Å². The van der Waals surface area contributed by atoms with Crippen LogP contribution < -0.4 is 14.8 Å². The zero-order valence-electron chi connectivity index (χ0n) is 15.3. The number of thioether (sulfide) groups is 1. The van der Waals surface area contributed by atoms with Gasteiger partial charge in [0.15, 0.2) is 5.16 Å². The smallest absolute Gasteiger partial charge is 0.387 e. The molecule has 2 aromatic carbocycles. The molecule has 0 unspecified atom stereocenters. The number of nitrogens with zero attached hydrogens (tertiary/aromatic N) is 2. The van der Waals surface area contributed by atoms with Crippen molar-refractivity contribution in [3.05, 3.63) is 60.8 Å². The third-order valence-electron chi connectivity index (χ3n) is 3.72. The Morgan fingerprint density at radius 2 is 1.90 bits per heavy atom. The third kappa shape index (κ3) is 5.89. The molecule has 0 saturated heterocycles. The van der Waals surface area contributed by atoms with E-state index in [1.165, 1.54) is 31.0 Å². The highest BCUT2D eigenvalue weighted by Gasteiger charge is 2.10. The summed E-state index contributed by atoms with van der Waals surface area (Å²) in [4.78, 5) is 20.8. The first-order valence-corrected chi connectivity index (χ1v) is 9.47. The van der Waals surface area contributed by atoms with E-state index in [0.717, 1.165) is 0 Å². The quantitative estimate of drug-likeness (QED) is 0.430. The van der Waals surface area contributed by atoms with Crippen LogP contribution in [0.5, 0.6) is 11.5 Å². The predicted octanol–water partition coefficient (Wildman–Crippen LogP) is 4.48. The van der Waals surface area contributed by atoms with Gasteiger partial charge in [-0.15, -0.1) is 0 Å². The van der Waals surface area contributed by atoms with Gasteiger partial charge in [0, 0.05) is 11.8 Å². The van der Waals surface area contributed by atoms with E-state index in [9.17, 15) is 13.6 Å². The first kappa shape index (κ1) is 20.5. The molecule has 9 heteroatoms. The van der Waals surface area contributed by atoms with Crippen molar-refractivity contribution < 1.29 is 23.0 Å². The number of halogens is 2. The fourth-order valence-electron chi connectivity index (χ4n) is 2.44. The number of benzene rings is 2. The first-order valence-electron chi connectivity index (χ1n) is 8.49. The molecule has 0 radical (unpaired) electrons. The van der Waals surface area contributed by atoms with Crippen molar-refractivity contribution in [3.63, 3.8) is 0 Å². The number of nitrogens with one attached hydrogen (secondary N) is 1. The topological polar surface area (TPSA) is 73.3 Å². The molecule has 150 valence electrons. The Morgan fingerprint density at radius 1 is 1.14 bits per heavy atom. The van der Waals surface area contributed by atoms with Gasteiger partial charge in [0.05, 0.1) is 24.2 Å². The normalized spacial score (nSPS) is 10.6. The van der Waals surface area contributed by atoms with Crippen LogP contribution in [-0.2, 0) is 4.79 Å². The summed E-state index contributed by atoms with van der Waals surface area (Å²) in [6, 6.07) is 15.0. The zero-order chi connectivity index (χ0) is 20.6. The predicted molar refractivity (Wildman–Crippen MR) is 106 cm³/mol. The molecule has 0 aliphatic carbocycles. The van der Waals surface area contributed by atoms with Gasteiger partial charge in [-0.3, -0.25) is 4.79 Å². The lowest BCUT2D eigenvalue weighted by atomic mass is 10.1. The Balaban J connectivity index is 1.62. The molecule has 0 saturated carbocycles. The second-order valence-corrected chi connectivity index (χ2v) is 6.61. The number of methoxy groups -OCH3 is 1. The lowest BCUT2D eigenvalue weighted by molar-refractivity contribution is -0.113. The van der Waals surface area contributed by atoms with E-state index in [1.807, 2.05) is 6.07 Å². The molecule has 0 spiro atoms. The van der Waals surface area contributed by atoms with Crippen LogP contribution in [0, 0.1) is 0 Å². The monoisotopic (exact) mass is 417 g/mol. The van der Waals surface area contributed by atoms with E-state index in [-0.39, 0.29) is 17.4 Å². The fourth-order valence-corrected chi connectivity index (χ4v) is 3.07. The van der Waals surface area contributed by atoms with Gasteiger partial charge in [-0.2, -0.15) is 8.78 Å². The van der Waals surface area contributed by atoms with Crippen LogP contribution in [0.2, 0.25) is 0 Å². The highest BCUT2D eigenvalue weighted by Crippen LogP contribution is 2.25. The summed E-state index contributed by atoms with van der Waals surface area (Å²) in [5, 5.41) is 3.21. The largest absolute Gasteiger partial charge is 0.495 e. The molecule has 0 atom stereocenters. The second kappa shape index (κ2) is 9.83. The molecule has 1 heterocycles. The summed E-state index contributed by atoms with van der Waals surface area (Å²) in [6.07, 6.45) is 1.58. The van der Waals surface area contributed by atoms with Gasteiger partial charge >= 0.3 is 6.61 Å². The van der Waals surface area contributed by atoms with Crippen molar-refractivity contribution in [2.45, 2.75) is 11.8 Å². The zero-order valence-corrected chi connectivity index (χ0v) is 16.2. The van der Waals surface area contributed by atoms with Crippen LogP contribution in [0.1, 0.15) is 0 Å². The minimum Gasteiger partial charge on any atom is -0.495 e. The van der Waals surface area contributed by atoms with Crippen molar-refractivity contribution >= 4 is 23.4 Å². The summed E-state index contributed by atoms with van der Waals surface area (Å²) in [6.45, 7) is -2.87. The van der Waals surface area contributed by atoms with E-state index >= 15 is 0 Å². The lowest BCUT2D eigenvalue weighted by Crippen LogP contribution is -2.14. The van der Waals surface area contributed by atoms with Gasteiger partial charge in [0.25, 0.3) is 0 Å². The van der Waals surface area contributed by atoms with Crippen LogP contribution in [0.3, 0.4) is 0 Å². The molecule has 0 fully saturated rings. The van der Waals surface area contributed by atoms with Crippen molar-refractivity contribution in [1.82, 2.24) is 9.97 Å². The van der Waals surface area contributed by atoms with E-state index in [0.29, 0.717) is 27.9 Å². The van der Waals surface area contributed by atoms with Gasteiger partial charge in [-0.05, 0) is 42.5 Å². The van der Waals surface area contributed by atoms with Crippen LogP contribution >= 0.6 is 11.8 Å². The third-order valence-corrected chi connectivity index (χ3v) is 4.58. The summed E-state index contributed by atoms with van der Waals surface area (Å²) in [7, 11) is 1.53. The molecule has 29 heavy (non-hydrogen) atoms. The number of hydrogen-bond acceptors (Lipinski definition) is 6. The summed E-state index contributed by atoms with van der Waals surface area (Å²) >= 11 is 1.18. The molecule has 3 aromatic rings. The molecule has 1 amide bonds. The average Bonchev–Trinajstić information content (AvgIpc) is 2.73. The molecule has 1 N–H and O–H groups in total. The number of ether oxygens (including phenoxy) is 2. The molecular formula is C20H17F2N3O3S. The van der Waals surface area contributed by atoms with Gasteiger partial charge in [-0.1, -0.05) is 23.9 Å². The van der Waals surface area contributed by atoms with Gasteiger partial charge in [0.1, 0.15) is 11.5 Å². The Kier molecular flexibility index (Phi) is 6.96. The van der Waals surface area contributed by atoms with Gasteiger partial charge in [-0.25, -0.2) is 9.97 Å². The maximum absolute atomic E-state index is 12.2. The number of anilines is 1. The maximum Gasteiger partial charge on any atom is 0.387 e. The number of rotatable bonds is 8. The molecule has 3 rings (SSSR count). The highest BCUT2D eigenvalue weighted by molar-refractivity contribution is 7.99. The minimum absolute atomic E-state index is 0.0698. The number of para-hydroxylation sites is 2. The van der Waals surface area contributed by atoms with Crippen molar-refractivity contribution in [1.29, 1.82) is 0 Å². The summed E-state index contributed by atoms with van der Waals surface area (Å²) in [5.41, 5.74) is 1.91. The Labute approximate surface area is 170 Å². The number of amides is 1. The Hall–Kier alpha value is -3.20. The summed E-state index contributed by atoms with van der Waals surface area (Å²) in [5.74, 6) is 0.536. The van der Waals surface area contributed by atoms with Crippen molar-refractivity contribution in [3.8, 4) is 22.8 Å². The van der Waals surface area contributed by atoms with E-state index in [4.69, 9.17) is 4.74 Å². The number of carbonyl (C=O) groups is 1. The number of aromatic nitrogens is 2. The number of carbonyl (C=O) groups excluding carboxylic acids is 1. The van der Waals surface area contributed by atoms with Crippen LogP contribution in [-0.4, -0.2) is 35.3 Å². The SMILES string of the molecule is COc1ccccc1NC(=O)CSc1nccc(-c2ccc(OC(F)F)cc2)n1. The van der Waals surface area contributed by atoms with E-state index in [2.05, 4.69) is 20.0 Å². The van der Waals surface area contributed by atoms with Crippen molar-refractivity contribution in [2.24, 2.45) is 0 Å². The molecule has 6 nitrogen and oxygen atoms in total. The molecule has 0 bridgehead atoms. The van der Waals surface area contributed by atoms with Gasteiger partial charge < -0.3 is 14.8 Å². The van der Waals surface area contributed by atoms with E-state index in [1.54, 1.807) is 42.6 Å². The molecule has 1 aromatic heterocycles. The maximum atomic E-state index is 12.2. The number of hydrogen-bond donors (Lipinski definition) is 1. The first-order chi connectivity index (χ1) is 14.0. The van der Waals surface area contributed by atoms with Crippen LogP contribution in [0.4, 0.5) is 14.5 Å². The standard InChI is InChI=1S/C20H17F2N3O3S/c1-27-17-5-3-2-4-16(17)24-18(26)12-29-20-23-11-10-15(25-20)13-6-8-14(9-7-13)28-19(21)22/h2-11,19H,12H2,1H3,(H,24,26). The van der Waals surface area contributed by atoms with Gasteiger partial charge in [0.2, 0.25) is 5.91 Å². The second-order valence-electron chi connectivity index (χ2n) is 5.66. The fraction of sp³-hybridized carbons (Fsp3) is 0.150. The van der Waals surface area contributed by atoms with E-state index < -0.39 is 6.61 Å². The average molecular weight is 417 g/mol. The Morgan fingerprint density at radius 3 is 2.62 bits per heavy atom. The molecule has 0 aliphatic heterocycles. The highest BCUT2D eigenvalue weighted by atomic mass is 32.2. The lowest BCUT2D eigenvalue weighted by Gasteiger charge is -2.09. The van der Waals surface area contributed by atoms with Crippen LogP contribution in [0.25, 0.3) is 11.3 Å². The van der Waals surface area contributed by atoms with Crippen molar-refractivity contribution in [2.75, 3.05) is 18.2 Å². The Bertz CT molecular complexity index is 971. The molecule has 0 aliphatic rings.